The van der Waals surface area contributed by atoms with E-state index in [9.17, 15) is 14.4 Å². The summed E-state index contributed by atoms with van der Waals surface area (Å²) in [6.45, 7) is -0.209. The average molecular weight is 465 g/mol. The molecule has 5 rings (SSSR count). The minimum absolute atomic E-state index is 0.0171. The number of ether oxygens (including phenoxy) is 2. The monoisotopic (exact) mass is 464 g/mol. The molecule has 4 aromatic rings. The van der Waals surface area contributed by atoms with Crippen molar-refractivity contribution in [3.8, 4) is 11.5 Å². The number of benzene rings is 2. The number of carbonyl (C=O) groups excluding carboxylic acids is 1. The number of fused-ring (bicyclic) bond motifs is 2. The van der Waals surface area contributed by atoms with Crippen LogP contribution in [0.3, 0.4) is 0 Å². The molecule has 9 nitrogen and oxygen atoms in total. The van der Waals surface area contributed by atoms with Gasteiger partial charge in [-0.05, 0) is 48.0 Å². The summed E-state index contributed by atoms with van der Waals surface area (Å²) < 4.78 is 13.0. The number of hydrogen-bond acceptors (Lipinski definition) is 6. The molecular weight excluding hydrogens is 448 g/mol. The summed E-state index contributed by atoms with van der Waals surface area (Å²) in [6.07, 6.45) is 1.47. The van der Waals surface area contributed by atoms with Gasteiger partial charge in [0.1, 0.15) is 6.54 Å². The van der Waals surface area contributed by atoms with Gasteiger partial charge in [-0.15, -0.1) is 0 Å². The summed E-state index contributed by atoms with van der Waals surface area (Å²) in [5.41, 5.74) is 0.364. The number of nitrogens with zero attached hydrogens (tertiary/aromatic N) is 3. The molecule has 0 spiro atoms. The fraction of sp³-hybridized carbons (Fsp3) is 0.130. The molecule has 3 heterocycles. The number of aromatic nitrogens is 3. The first-order valence-corrected chi connectivity index (χ1v) is 10.4. The number of carbonyl (C=O) groups is 1. The number of amides is 1. The quantitative estimate of drug-likeness (QED) is 0.487. The Balaban J connectivity index is 1.53. The van der Waals surface area contributed by atoms with Gasteiger partial charge in [-0.25, -0.2) is 9.78 Å². The Kier molecular flexibility index (Phi) is 5.31. The maximum atomic E-state index is 13.3. The average Bonchev–Trinajstić information content (AvgIpc) is 3.27. The van der Waals surface area contributed by atoms with Crippen molar-refractivity contribution in [3.63, 3.8) is 0 Å². The molecule has 0 unspecified atom stereocenters. The van der Waals surface area contributed by atoms with E-state index in [1.807, 2.05) is 0 Å². The van der Waals surface area contributed by atoms with Gasteiger partial charge in [0.2, 0.25) is 12.7 Å². The zero-order chi connectivity index (χ0) is 22.9. The van der Waals surface area contributed by atoms with E-state index in [4.69, 9.17) is 21.1 Å². The van der Waals surface area contributed by atoms with Crippen LogP contribution in [0, 0.1) is 0 Å². The molecule has 0 saturated heterocycles. The van der Waals surface area contributed by atoms with E-state index in [1.54, 1.807) is 54.6 Å². The normalized spacial score (nSPS) is 12.2. The zero-order valence-electron chi connectivity index (χ0n) is 17.2. The second-order valence-electron chi connectivity index (χ2n) is 7.38. The van der Waals surface area contributed by atoms with Gasteiger partial charge in [-0.1, -0.05) is 23.7 Å². The minimum atomic E-state index is -0.626. The largest absolute Gasteiger partial charge is 0.454 e. The lowest BCUT2D eigenvalue weighted by Crippen LogP contribution is -2.42. The molecule has 1 aliphatic heterocycles. The van der Waals surface area contributed by atoms with E-state index in [0.717, 1.165) is 4.57 Å². The van der Waals surface area contributed by atoms with Crippen LogP contribution < -0.4 is 26.0 Å². The zero-order valence-corrected chi connectivity index (χ0v) is 17.9. The van der Waals surface area contributed by atoms with Crippen LogP contribution in [0.25, 0.3) is 11.0 Å². The molecule has 1 amide bonds. The van der Waals surface area contributed by atoms with Gasteiger partial charge in [0.15, 0.2) is 17.0 Å². The van der Waals surface area contributed by atoms with Crippen molar-refractivity contribution < 1.29 is 14.3 Å². The smallest absolute Gasteiger partial charge is 0.332 e. The van der Waals surface area contributed by atoms with Gasteiger partial charge in [0.25, 0.3) is 5.56 Å². The van der Waals surface area contributed by atoms with Crippen LogP contribution >= 0.6 is 11.6 Å². The predicted octanol–water partition coefficient (Wildman–Crippen LogP) is 2.63. The maximum absolute atomic E-state index is 13.3. The highest BCUT2D eigenvalue weighted by atomic mass is 35.5. The molecule has 166 valence electrons. The maximum Gasteiger partial charge on any atom is 0.332 e. The van der Waals surface area contributed by atoms with E-state index < -0.39 is 17.2 Å². The lowest BCUT2D eigenvalue weighted by molar-refractivity contribution is -0.116. The Bertz CT molecular complexity index is 1510. The number of anilines is 1. The fourth-order valence-electron chi connectivity index (χ4n) is 3.67. The predicted molar refractivity (Wildman–Crippen MR) is 122 cm³/mol. The van der Waals surface area contributed by atoms with Crippen LogP contribution in [0.2, 0.25) is 5.02 Å². The SMILES string of the molecule is O=C(Cn1c(=O)n(Cc2ccc3c(c2)OCO3)c(=O)c2ncccc21)Nc1cccc(Cl)c1. The summed E-state index contributed by atoms with van der Waals surface area (Å²) in [7, 11) is 0. The molecule has 2 aromatic carbocycles. The number of hydrogen-bond donors (Lipinski definition) is 1. The summed E-state index contributed by atoms with van der Waals surface area (Å²) in [5, 5.41) is 3.18. The first-order chi connectivity index (χ1) is 16.0. The number of halogens is 1. The van der Waals surface area contributed by atoms with Gasteiger partial charge in [0, 0.05) is 16.9 Å². The van der Waals surface area contributed by atoms with Gasteiger partial charge in [0.05, 0.1) is 12.1 Å². The Labute approximate surface area is 191 Å². The van der Waals surface area contributed by atoms with Crippen molar-refractivity contribution in [3.05, 3.63) is 92.2 Å². The van der Waals surface area contributed by atoms with Crippen molar-refractivity contribution >= 4 is 34.2 Å². The van der Waals surface area contributed by atoms with Crippen LogP contribution in [-0.4, -0.2) is 26.8 Å². The second kappa shape index (κ2) is 8.44. The highest BCUT2D eigenvalue weighted by Crippen LogP contribution is 2.32. The van der Waals surface area contributed by atoms with E-state index in [-0.39, 0.29) is 30.9 Å². The molecule has 0 bridgehead atoms. The lowest BCUT2D eigenvalue weighted by atomic mass is 10.2. The van der Waals surface area contributed by atoms with Crippen molar-refractivity contribution in [1.29, 1.82) is 0 Å². The number of rotatable bonds is 5. The third-order valence-corrected chi connectivity index (χ3v) is 5.41. The summed E-state index contributed by atoms with van der Waals surface area (Å²) in [5.74, 6) is 0.694. The van der Waals surface area contributed by atoms with Gasteiger partial charge < -0.3 is 14.8 Å². The highest BCUT2D eigenvalue weighted by Gasteiger charge is 2.18. The first-order valence-electron chi connectivity index (χ1n) is 10.0. The van der Waals surface area contributed by atoms with E-state index in [1.165, 1.54) is 10.8 Å². The Hall–Kier alpha value is -4.11. The molecule has 33 heavy (non-hydrogen) atoms. The van der Waals surface area contributed by atoms with Crippen LogP contribution in [0.15, 0.2) is 70.4 Å². The van der Waals surface area contributed by atoms with E-state index in [2.05, 4.69) is 10.3 Å². The van der Waals surface area contributed by atoms with Crippen LogP contribution in [0.1, 0.15) is 5.56 Å². The Morgan fingerprint density at radius 3 is 2.73 bits per heavy atom. The fourth-order valence-corrected chi connectivity index (χ4v) is 3.86. The molecule has 0 aliphatic carbocycles. The molecule has 2 aromatic heterocycles. The third-order valence-electron chi connectivity index (χ3n) is 5.17. The number of nitrogens with one attached hydrogen (secondary N) is 1. The van der Waals surface area contributed by atoms with Crippen LogP contribution in [0.5, 0.6) is 11.5 Å². The van der Waals surface area contributed by atoms with Crippen LogP contribution in [-0.2, 0) is 17.9 Å². The Morgan fingerprint density at radius 2 is 1.88 bits per heavy atom. The van der Waals surface area contributed by atoms with Crippen molar-refractivity contribution in [2.75, 3.05) is 12.1 Å². The van der Waals surface area contributed by atoms with Crippen molar-refractivity contribution in [2.24, 2.45) is 0 Å². The Morgan fingerprint density at radius 1 is 1.03 bits per heavy atom. The van der Waals surface area contributed by atoms with Crippen LogP contribution in [0.4, 0.5) is 5.69 Å². The van der Waals surface area contributed by atoms with Gasteiger partial charge >= 0.3 is 5.69 Å². The van der Waals surface area contributed by atoms with Crippen molar-refractivity contribution in [2.45, 2.75) is 13.1 Å². The molecular formula is C23H17ClN4O5. The second-order valence-corrected chi connectivity index (χ2v) is 7.81. The summed E-state index contributed by atoms with van der Waals surface area (Å²) in [6, 6.07) is 15.1. The first kappa shape index (κ1) is 20.8. The third kappa shape index (κ3) is 4.06. The number of pyridine rings is 1. The minimum Gasteiger partial charge on any atom is -0.454 e. The summed E-state index contributed by atoms with van der Waals surface area (Å²) in [4.78, 5) is 43.3. The van der Waals surface area contributed by atoms with E-state index in [0.29, 0.717) is 27.8 Å². The topological polar surface area (TPSA) is 104 Å². The summed E-state index contributed by atoms with van der Waals surface area (Å²) >= 11 is 5.97. The van der Waals surface area contributed by atoms with E-state index >= 15 is 0 Å². The molecule has 0 atom stereocenters. The van der Waals surface area contributed by atoms with Gasteiger partial charge in [-0.2, -0.15) is 0 Å². The van der Waals surface area contributed by atoms with Gasteiger partial charge in [-0.3, -0.25) is 18.7 Å². The molecule has 1 aliphatic rings. The molecule has 0 fully saturated rings. The molecule has 1 N–H and O–H groups in total. The molecule has 0 radical (unpaired) electrons. The molecule has 10 heteroatoms. The standard InChI is InChI=1S/C23H17ClN4O5/c24-15-3-1-4-16(10-15)26-20(29)12-27-17-5-2-8-25-21(17)22(30)28(23(27)31)11-14-6-7-18-19(9-14)33-13-32-18/h1-10H,11-13H2,(H,26,29). The van der Waals surface area contributed by atoms with Crippen molar-refractivity contribution in [1.82, 2.24) is 14.1 Å². The highest BCUT2D eigenvalue weighted by molar-refractivity contribution is 6.30. The lowest BCUT2D eigenvalue weighted by Gasteiger charge is -2.14. The molecule has 0 saturated carbocycles.